The fourth-order valence-electron chi connectivity index (χ4n) is 0.901. The quantitative estimate of drug-likeness (QED) is 0.631. The molecule has 0 aliphatic heterocycles. The van der Waals surface area contributed by atoms with Crippen molar-refractivity contribution in [1.82, 2.24) is 0 Å². The molecular weight excluding hydrogens is 159 g/mol. The van der Waals surface area contributed by atoms with E-state index in [1.165, 1.54) is 32.2 Å². The molecule has 0 aliphatic rings. The van der Waals surface area contributed by atoms with E-state index in [1.807, 2.05) is 0 Å². The van der Waals surface area contributed by atoms with Crippen LogP contribution in [-0.2, 0) is 0 Å². The van der Waals surface area contributed by atoms with Crippen LogP contribution in [0.4, 0.5) is 4.39 Å². The Labute approximate surface area is 70.0 Å². The SMILES string of the molecule is COc1ccc(F)c(C(C)=O)c1. The Kier molecular flexibility index (Phi) is 2.43. The fraction of sp³-hybridized carbons (Fsp3) is 0.222. The zero-order valence-corrected chi connectivity index (χ0v) is 6.93. The minimum Gasteiger partial charge on any atom is -0.497 e. The summed E-state index contributed by atoms with van der Waals surface area (Å²) in [6.45, 7) is 1.32. The van der Waals surface area contributed by atoms with Crippen LogP contribution in [0.15, 0.2) is 18.2 Å². The van der Waals surface area contributed by atoms with Crippen molar-refractivity contribution in [1.29, 1.82) is 0 Å². The van der Waals surface area contributed by atoms with Crippen LogP contribution in [0.5, 0.6) is 5.75 Å². The number of Topliss-reactive ketones (excluding diaryl/α,β-unsaturated/α-hetero) is 1. The molecule has 0 fully saturated rings. The van der Waals surface area contributed by atoms with Gasteiger partial charge in [0.05, 0.1) is 12.7 Å². The van der Waals surface area contributed by atoms with Crippen molar-refractivity contribution in [2.75, 3.05) is 7.11 Å². The van der Waals surface area contributed by atoms with E-state index in [1.54, 1.807) is 0 Å². The van der Waals surface area contributed by atoms with Crippen molar-refractivity contribution in [3.05, 3.63) is 29.6 Å². The van der Waals surface area contributed by atoms with Gasteiger partial charge in [-0.3, -0.25) is 4.79 Å². The highest BCUT2D eigenvalue weighted by atomic mass is 19.1. The lowest BCUT2D eigenvalue weighted by Crippen LogP contribution is -1.97. The Bertz CT molecular complexity index is 307. The van der Waals surface area contributed by atoms with Crippen molar-refractivity contribution in [2.24, 2.45) is 0 Å². The number of methoxy groups -OCH3 is 1. The number of hydrogen-bond donors (Lipinski definition) is 0. The number of hydrogen-bond acceptors (Lipinski definition) is 2. The monoisotopic (exact) mass is 168 g/mol. The van der Waals surface area contributed by atoms with E-state index in [4.69, 9.17) is 4.74 Å². The maximum atomic E-state index is 12.9. The molecule has 3 heteroatoms. The molecule has 64 valence electrons. The first-order chi connectivity index (χ1) is 5.65. The molecule has 0 amide bonds. The average molecular weight is 168 g/mol. The van der Waals surface area contributed by atoms with E-state index < -0.39 is 5.82 Å². The van der Waals surface area contributed by atoms with Crippen LogP contribution in [0, 0.1) is 5.82 Å². The normalized spacial score (nSPS) is 9.58. The van der Waals surface area contributed by atoms with Crippen molar-refractivity contribution in [3.8, 4) is 5.75 Å². The number of carbonyl (C=O) groups is 1. The predicted octanol–water partition coefficient (Wildman–Crippen LogP) is 2.04. The first-order valence-electron chi connectivity index (χ1n) is 3.49. The summed E-state index contributed by atoms with van der Waals surface area (Å²) in [5.74, 6) is -0.323. The maximum absolute atomic E-state index is 12.9. The zero-order valence-electron chi connectivity index (χ0n) is 6.93. The molecule has 0 bridgehead atoms. The van der Waals surface area contributed by atoms with Crippen LogP contribution in [0.1, 0.15) is 17.3 Å². The van der Waals surface area contributed by atoms with Crippen molar-refractivity contribution in [3.63, 3.8) is 0 Å². The first-order valence-corrected chi connectivity index (χ1v) is 3.49. The van der Waals surface area contributed by atoms with Gasteiger partial charge in [0.1, 0.15) is 11.6 Å². The van der Waals surface area contributed by atoms with Gasteiger partial charge >= 0.3 is 0 Å². The van der Waals surface area contributed by atoms with Crippen molar-refractivity contribution < 1.29 is 13.9 Å². The van der Waals surface area contributed by atoms with Crippen molar-refractivity contribution in [2.45, 2.75) is 6.92 Å². The van der Waals surface area contributed by atoms with Crippen LogP contribution >= 0.6 is 0 Å². The summed E-state index contributed by atoms with van der Waals surface area (Å²) in [5.41, 5.74) is 0.0642. The third kappa shape index (κ3) is 1.61. The van der Waals surface area contributed by atoms with Gasteiger partial charge in [-0.05, 0) is 25.1 Å². The number of carbonyl (C=O) groups excluding carboxylic acids is 1. The fourth-order valence-corrected chi connectivity index (χ4v) is 0.901. The second-order valence-corrected chi connectivity index (χ2v) is 2.40. The van der Waals surface area contributed by atoms with E-state index in [9.17, 15) is 9.18 Å². The summed E-state index contributed by atoms with van der Waals surface area (Å²) >= 11 is 0. The Morgan fingerprint density at radius 2 is 2.17 bits per heavy atom. The lowest BCUT2D eigenvalue weighted by atomic mass is 10.1. The summed E-state index contributed by atoms with van der Waals surface area (Å²) in [4.78, 5) is 10.8. The highest BCUT2D eigenvalue weighted by Gasteiger charge is 2.07. The summed E-state index contributed by atoms with van der Waals surface area (Å²) < 4.78 is 17.7. The molecule has 12 heavy (non-hydrogen) atoms. The molecule has 0 N–H and O–H groups in total. The highest BCUT2D eigenvalue weighted by molar-refractivity contribution is 5.94. The lowest BCUT2D eigenvalue weighted by Gasteiger charge is -2.02. The van der Waals surface area contributed by atoms with Gasteiger partial charge in [-0.2, -0.15) is 0 Å². The standard InChI is InChI=1S/C9H9FO2/c1-6(11)8-5-7(12-2)3-4-9(8)10/h3-5H,1-2H3. The van der Waals surface area contributed by atoms with Gasteiger partial charge < -0.3 is 4.74 Å². The van der Waals surface area contributed by atoms with E-state index in [-0.39, 0.29) is 11.3 Å². The third-order valence-electron chi connectivity index (χ3n) is 1.55. The molecule has 1 aromatic carbocycles. The van der Waals surface area contributed by atoms with Gasteiger partial charge in [0.2, 0.25) is 0 Å². The molecule has 0 saturated heterocycles. The minimum absolute atomic E-state index is 0.0642. The summed E-state index contributed by atoms with van der Waals surface area (Å²) in [6, 6.07) is 4.08. The van der Waals surface area contributed by atoms with Crippen LogP contribution in [-0.4, -0.2) is 12.9 Å². The van der Waals surface area contributed by atoms with Gasteiger partial charge in [-0.1, -0.05) is 0 Å². The second-order valence-electron chi connectivity index (χ2n) is 2.40. The number of rotatable bonds is 2. The van der Waals surface area contributed by atoms with Crippen LogP contribution in [0.3, 0.4) is 0 Å². The third-order valence-corrected chi connectivity index (χ3v) is 1.55. The molecule has 0 spiro atoms. The van der Waals surface area contributed by atoms with E-state index >= 15 is 0 Å². The predicted molar refractivity (Wildman–Crippen MR) is 43.0 cm³/mol. The topological polar surface area (TPSA) is 26.3 Å². The summed E-state index contributed by atoms with van der Waals surface area (Å²) in [7, 11) is 1.47. The van der Waals surface area contributed by atoms with Gasteiger partial charge in [0.25, 0.3) is 0 Å². The largest absolute Gasteiger partial charge is 0.497 e. The smallest absolute Gasteiger partial charge is 0.162 e. The van der Waals surface area contributed by atoms with Gasteiger partial charge in [-0.15, -0.1) is 0 Å². The van der Waals surface area contributed by atoms with Crippen LogP contribution < -0.4 is 4.74 Å². The first kappa shape index (κ1) is 8.71. The van der Waals surface area contributed by atoms with Gasteiger partial charge in [0.15, 0.2) is 5.78 Å². The molecule has 0 unspecified atom stereocenters. The second kappa shape index (κ2) is 3.34. The molecule has 1 rings (SSSR count). The zero-order chi connectivity index (χ0) is 9.14. The molecule has 0 heterocycles. The lowest BCUT2D eigenvalue weighted by molar-refractivity contribution is 0.101. The molecule has 0 saturated carbocycles. The number of halogens is 1. The highest BCUT2D eigenvalue weighted by Crippen LogP contribution is 2.16. The molecule has 2 nitrogen and oxygen atoms in total. The van der Waals surface area contributed by atoms with Gasteiger partial charge in [-0.25, -0.2) is 4.39 Å². The van der Waals surface area contributed by atoms with E-state index in [2.05, 4.69) is 0 Å². The summed E-state index contributed by atoms with van der Waals surface area (Å²) in [6.07, 6.45) is 0. The number of ketones is 1. The Morgan fingerprint density at radius 1 is 1.50 bits per heavy atom. The Morgan fingerprint density at radius 3 is 2.67 bits per heavy atom. The minimum atomic E-state index is -0.511. The summed E-state index contributed by atoms with van der Waals surface area (Å²) in [5, 5.41) is 0. The molecule has 0 radical (unpaired) electrons. The van der Waals surface area contributed by atoms with Gasteiger partial charge in [0, 0.05) is 0 Å². The molecular formula is C9H9FO2. The van der Waals surface area contributed by atoms with Crippen LogP contribution in [0.2, 0.25) is 0 Å². The van der Waals surface area contributed by atoms with Crippen molar-refractivity contribution >= 4 is 5.78 Å². The van der Waals surface area contributed by atoms with Crippen LogP contribution in [0.25, 0.3) is 0 Å². The molecule has 0 atom stereocenters. The number of ether oxygens (including phenoxy) is 1. The Hall–Kier alpha value is -1.38. The molecule has 0 aliphatic carbocycles. The van der Waals surface area contributed by atoms with E-state index in [0.29, 0.717) is 5.75 Å². The number of benzene rings is 1. The molecule has 0 aromatic heterocycles. The Balaban J connectivity index is 3.17. The maximum Gasteiger partial charge on any atom is 0.162 e. The van der Waals surface area contributed by atoms with E-state index in [0.717, 1.165) is 0 Å². The average Bonchev–Trinajstić information content (AvgIpc) is 2.05. The molecule has 1 aromatic rings.